The van der Waals surface area contributed by atoms with E-state index in [1.54, 1.807) is 6.07 Å². The Hall–Kier alpha value is -2.55. The summed E-state index contributed by atoms with van der Waals surface area (Å²) in [6, 6.07) is 4.27. The number of nitrogens with zero attached hydrogens (tertiary/aromatic N) is 3. The van der Waals surface area contributed by atoms with Gasteiger partial charge in [-0.25, -0.2) is 0 Å². The van der Waals surface area contributed by atoms with Gasteiger partial charge in [-0.1, -0.05) is 12.8 Å². The van der Waals surface area contributed by atoms with E-state index in [0.29, 0.717) is 18.5 Å². The molecule has 0 bridgehead atoms. The van der Waals surface area contributed by atoms with Gasteiger partial charge in [-0.15, -0.1) is 0 Å². The Bertz CT molecular complexity index is 918. The first-order valence-electron chi connectivity index (χ1n) is 10.0. The lowest BCUT2D eigenvalue weighted by Crippen LogP contribution is -2.72. The molecule has 1 aromatic carbocycles. The highest BCUT2D eigenvalue weighted by molar-refractivity contribution is 7.80. The van der Waals surface area contributed by atoms with Gasteiger partial charge in [0.1, 0.15) is 0 Å². The Labute approximate surface area is 174 Å². The van der Waals surface area contributed by atoms with Crippen molar-refractivity contribution in [3.63, 3.8) is 0 Å². The zero-order valence-corrected chi connectivity index (χ0v) is 17.3. The molecule has 2 fully saturated rings. The van der Waals surface area contributed by atoms with Gasteiger partial charge in [-0.2, -0.15) is 0 Å². The van der Waals surface area contributed by atoms with Crippen LogP contribution in [0.25, 0.3) is 0 Å². The molecule has 0 radical (unpaired) electrons. The monoisotopic (exact) mass is 416 g/mol. The smallest absolute Gasteiger partial charge is 0.269 e. The second-order valence-corrected chi connectivity index (χ2v) is 8.69. The Balaban J connectivity index is 1.91. The van der Waals surface area contributed by atoms with E-state index in [0.717, 1.165) is 24.9 Å². The highest BCUT2D eigenvalue weighted by atomic mass is 32.1. The summed E-state index contributed by atoms with van der Waals surface area (Å²) in [4.78, 5) is 41.6. The van der Waals surface area contributed by atoms with Crippen LogP contribution in [0.3, 0.4) is 0 Å². The van der Waals surface area contributed by atoms with Crippen molar-refractivity contribution in [2.45, 2.75) is 58.0 Å². The molecule has 3 heterocycles. The molecule has 8 nitrogen and oxygen atoms in total. The predicted octanol–water partition coefficient (Wildman–Crippen LogP) is 2.54. The van der Waals surface area contributed by atoms with E-state index in [9.17, 15) is 19.7 Å². The number of hydrogen-bond acceptors (Lipinski definition) is 6. The van der Waals surface area contributed by atoms with E-state index < -0.39 is 16.2 Å². The number of carbonyl (C=O) groups excluding carboxylic acids is 2. The summed E-state index contributed by atoms with van der Waals surface area (Å²) in [5, 5.41) is 14.2. The van der Waals surface area contributed by atoms with E-state index in [4.69, 9.17) is 12.2 Å². The second kappa shape index (κ2) is 7.05. The zero-order valence-electron chi connectivity index (χ0n) is 16.5. The number of nitrogens with one attached hydrogen (secondary N) is 1. The van der Waals surface area contributed by atoms with E-state index >= 15 is 0 Å². The third-order valence-corrected chi connectivity index (χ3v) is 6.63. The molecule has 1 spiro atoms. The molecule has 154 valence electrons. The number of hydrogen-bond donors (Lipinski definition) is 1. The lowest BCUT2D eigenvalue weighted by molar-refractivity contribution is -0.384. The molecule has 0 saturated carbocycles. The highest BCUT2D eigenvalue weighted by Gasteiger charge is 2.61. The summed E-state index contributed by atoms with van der Waals surface area (Å²) in [6.07, 6.45) is 3.76. The molecule has 1 aromatic rings. The minimum absolute atomic E-state index is 0.0351. The van der Waals surface area contributed by atoms with Crippen LogP contribution in [0, 0.1) is 15.5 Å². The first kappa shape index (κ1) is 19.8. The normalized spacial score (nSPS) is 26.9. The van der Waals surface area contributed by atoms with E-state index in [-0.39, 0.29) is 35.2 Å². The number of rotatable bonds is 2. The molecule has 29 heavy (non-hydrogen) atoms. The maximum Gasteiger partial charge on any atom is 0.269 e. The molecule has 3 aliphatic rings. The Morgan fingerprint density at radius 2 is 2.03 bits per heavy atom. The minimum Gasteiger partial charge on any atom is -0.367 e. The van der Waals surface area contributed by atoms with Crippen LogP contribution in [0.2, 0.25) is 0 Å². The number of thiocarbonyl (C=S) groups is 1. The summed E-state index contributed by atoms with van der Waals surface area (Å²) < 4.78 is 0. The average Bonchev–Trinajstić information content (AvgIpc) is 2.91. The number of nitro groups is 1. The van der Waals surface area contributed by atoms with Gasteiger partial charge in [-0.3, -0.25) is 24.6 Å². The van der Waals surface area contributed by atoms with Crippen molar-refractivity contribution in [3.05, 3.63) is 33.9 Å². The summed E-state index contributed by atoms with van der Waals surface area (Å²) >= 11 is 5.29. The largest absolute Gasteiger partial charge is 0.367 e. The molecule has 4 rings (SSSR count). The Morgan fingerprint density at radius 1 is 1.28 bits per heavy atom. The number of amides is 2. The highest BCUT2D eigenvalue weighted by Crippen LogP contribution is 2.48. The van der Waals surface area contributed by atoms with Crippen LogP contribution in [0.5, 0.6) is 0 Å². The molecule has 0 aromatic heterocycles. The Morgan fingerprint density at radius 3 is 2.72 bits per heavy atom. The predicted molar refractivity (Wildman–Crippen MR) is 112 cm³/mol. The molecule has 0 aliphatic carbocycles. The van der Waals surface area contributed by atoms with Crippen LogP contribution in [-0.4, -0.2) is 45.4 Å². The maximum absolute atomic E-state index is 13.8. The van der Waals surface area contributed by atoms with E-state index in [2.05, 4.69) is 10.2 Å². The number of carbonyl (C=O) groups is 2. The molecule has 3 aliphatic heterocycles. The van der Waals surface area contributed by atoms with Crippen molar-refractivity contribution in [1.82, 2.24) is 10.2 Å². The van der Waals surface area contributed by atoms with Gasteiger partial charge < -0.3 is 10.2 Å². The summed E-state index contributed by atoms with van der Waals surface area (Å²) in [6.45, 7) is 4.44. The van der Waals surface area contributed by atoms with Crippen LogP contribution in [0.15, 0.2) is 18.2 Å². The SMILES string of the molecule is CC(C)N1C(=O)[C@]2(Cc3cc([N+](=O)[O-])ccc3N3CCCCC[C@H]32)C(=O)NC1=S. The lowest BCUT2D eigenvalue weighted by atomic mass is 9.67. The van der Waals surface area contributed by atoms with Gasteiger partial charge in [-0.05, 0) is 50.5 Å². The number of anilines is 1. The number of nitro benzene ring substituents is 1. The van der Waals surface area contributed by atoms with Crippen LogP contribution in [0.1, 0.15) is 45.1 Å². The summed E-state index contributed by atoms with van der Waals surface area (Å²) in [7, 11) is 0. The quantitative estimate of drug-likeness (QED) is 0.345. The molecule has 1 N–H and O–H groups in total. The zero-order chi connectivity index (χ0) is 20.9. The fourth-order valence-corrected chi connectivity index (χ4v) is 5.41. The van der Waals surface area contributed by atoms with Gasteiger partial charge in [0.05, 0.1) is 11.0 Å². The third kappa shape index (κ3) is 2.90. The molecule has 9 heteroatoms. The van der Waals surface area contributed by atoms with Crippen molar-refractivity contribution in [3.8, 4) is 0 Å². The number of benzene rings is 1. The second-order valence-electron chi connectivity index (χ2n) is 8.30. The van der Waals surface area contributed by atoms with Crippen molar-refractivity contribution in [1.29, 1.82) is 0 Å². The van der Waals surface area contributed by atoms with Crippen LogP contribution >= 0.6 is 12.2 Å². The van der Waals surface area contributed by atoms with Crippen molar-refractivity contribution in [2.24, 2.45) is 5.41 Å². The van der Waals surface area contributed by atoms with Gasteiger partial charge in [0, 0.05) is 36.8 Å². The van der Waals surface area contributed by atoms with E-state index in [1.165, 1.54) is 17.0 Å². The average molecular weight is 417 g/mol. The lowest BCUT2D eigenvalue weighted by Gasteiger charge is -2.52. The van der Waals surface area contributed by atoms with Crippen molar-refractivity contribution >= 4 is 40.5 Å². The number of non-ortho nitro benzene ring substituents is 1. The molecule has 2 atom stereocenters. The van der Waals surface area contributed by atoms with E-state index in [1.807, 2.05) is 13.8 Å². The fraction of sp³-hybridized carbons (Fsp3) is 0.550. The minimum atomic E-state index is -1.33. The van der Waals surface area contributed by atoms with Gasteiger partial charge in [0.25, 0.3) is 5.69 Å². The van der Waals surface area contributed by atoms with Crippen LogP contribution in [0.4, 0.5) is 11.4 Å². The Kier molecular flexibility index (Phi) is 4.80. The van der Waals surface area contributed by atoms with Gasteiger partial charge in [0.15, 0.2) is 10.5 Å². The third-order valence-electron chi connectivity index (χ3n) is 6.34. The summed E-state index contributed by atoms with van der Waals surface area (Å²) in [5.74, 6) is -0.686. The van der Waals surface area contributed by atoms with Crippen molar-refractivity contribution in [2.75, 3.05) is 11.4 Å². The van der Waals surface area contributed by atoms with Gasteiger partial charge >= 0.3 is 0 Å². The first-order chi connectivity index (χ1) is 13.8. The summed E-state index contributed by atoms with van der Waals surface area (Å²) in [5.41, 5.74) is 0.182. The molecule has 0 unspecified atom stereocenters. The maximum atomic E-state index is 13.8. The van der Waals surface area contributed by atoms with Crippen LogP contribution < -0.4 is 10.2 Å². The standard InChI is InChI=1S/C20H24N4O4S/c1-12(2)23-18(26)20(17(25)21-19(23)29)11-13-10-14(24(27)28)7-8-15(13)22-9-5-3-4-6-16(20)22/h7-8,10,12,16H,3-6,9,11H2,1-2H3,(H,21,25,29)/t16-,20-/m0/s1. The molecule has 2 saturated heterocycles. The topological polar surface area (TPSA) is 95.8 Å². The first-order valence-corrected chi connectivity index (χ1v) is 10.4. The molecular weight excluding hydrogens is 392 g/mol. The van der Waals surface area contributed by atoms with Gasteiger partial charge in [0.2, 0.25) is 11.8 Å². The molecular formula is C20H24N4O4S. The van der Waals surface area contributed by atoms with Crippen LogP contribution in [-0.2, 0) is 16.0 Å². The number of fused-ring (bicyclic) bond motifs is 4. The molecule has 2 amide bonds. The fourth-order valence-electron chi connectivity index (χ4n) is 5.03. The van der Waals surface area contributed by atoms with Crippen molar-refractivity contribution < 1.29 is 14.5 Å².